The number of H-pyrrole nitrogens is 1. The number of amides is 1. The molecule has 1 amide bonds. The van der Waals surface area contributed by atoms with Crippen LogP contribution in [-0.4, -0.2) is 28.9 Å². The zero-order valence-electron chi connectivity index (χ0n) is 14.2. The smallest absolute Gasteiger partial charge is 0.261 e. The summed E-state index contributed by atoms with van der Waals surface area (Å²) in [5.41, 5.74) is 2.24. The number of fused-ring (bicyclic) bond motifs is 1. The minimum Gasteiger partial charge on any atom is -0.484 e. The maximum atomic E-state index is 12.8. The van der Waals surface area contributed by atoms with E-state index in [9.17, 15) is 4.79 Å². The molecule has 1 aromatic heterocycles. The van der Waals surface area contributed by atoms with Crippen molar-refractivity contribution in [2.75, 3.05) is 13.2 Å². The lowest BCUT2D eigenvalue weighted by atomic mass is 9.99. The Balaban J connectivity index is 1.51. The minimum atomic E-state index is 0.0483. The summed E-state index contributed by atoms with van der Waals surface area (Å²) in [5, 5.41) is 1.19. The second kappa shape index (κ2) is 7.01. The van der Waals surface area contributed by atoms with Crippen LogP contribution in [0.25, 0.3) is 10.9 Å². The van der Waals surface area contributed by atoms with Crippen molar-refractivity contribution in [3.05, 3.63) is 66.4 Å². The number of aromatic nitrogens is 1. The minimum absolute atomic E-state index is 0.0483. The third-order valence-corrected chi connectivity index (χ3v) is 4.84. The largest absolute Gasteiger partial charge is 0.484 e. The molecule has 1 N–H and O–H groups in total. The number of aromatic amines is 1. The number of piperidine rings is 1. The van der Waals surface area contributed by atoms with Gasteiger partial charge in [-0.15, -0.1) is 0 Å². The zero-order chi connectivity index (χ0) is 17.1. The highest BCUT2D eigenvalue weighted by molar-refractivity contribution is 5.81. The Bertz CT molecular complexity index is 823. The topological polar surface area (TPSA) is 45.3 Å². The summed E-state index contributed by atoms with van der Waals surface area (Å²) >= 11 is 0. The van der Waals surface area contributed by atoms with Gasteiger partial charge in [-0.05, 0) is 48.9 Å². The lowest BCUT2D eigenvalue weighted by Gasteiger charge is -2.35. The highest BCUT2D eigenvalue weighted by Crippen LogP contribution is 2.32. The Morgan fingerprint density at radius 3 is 2.72 bits per heavy atom. The van der Waals surface area contributed by atoms with E-state index >= 15 is 0 Å². The third-order valence-electron chi connectivity index (χ3n) is 4.84. The number of nitrogens with zero attached hydrogens (tertiary/aromatic N) is 1. The van der Waals surface area contributed by atoms with E-state index < -0.39 is 0 Å². The second-order valence-corrected chi connectivity index (χ2v) is 6.51. The second-order valence-electron chi connectivity index (χ2n) is 6.51. The summed E-state index contributed by atoms with van der Waals surface area (Å²) in [4.78, 5) is 18.2. The summed E-state index contributed by atoms with van der Waals surface area (Å²) in [6.07, 6.45) is 3.18. The summed E-state index contributed by atoms with van der Waals surface area (Å²) in [6.45, 7) is 0.873. The first-order chi connectivity index (χ1) is 12.3. The standard InChI is InChI=1S/C21H22N2O2/c24-21(15-25-17-9-2-1-3-10-17)23-13-7-6-12-20(23)19-14-16-8-4-5-11-18(16)22-19/h1-5,8-11,14,20,22H,6-7,12-13,15H2. The van der Waals surface area contributed by atoms with E-state index in [-0.39, 0.29) is 18.6 Å². The number of carbonyl (C=O) groups excluding carboxylic acids is 1. The van der Waals surface area contributed by atoms with Crippen molar-refractivity contribution in [3.63, 3.8) is 0 Å². The first-order valence-corrected chi connectivity index (χ1v) is 8.86. The average molecular weight is 334 g/mol. The molecule has 1 unspecified atom stereocenters. The van der Waals surface area contributed by atoms with Gasteiger partial charge in [-0.2, -0.15) is 0 Å². The summed E-state index contributed by atoms with van der Waals surface area (Å²) < 4.78 is 5.66. The van der Waals surface area contributed by atoms with Crippen molar-refractivity contribution >= 4 is 16.8 Å². The number of benzene rings is 2. The molecule has 1 aliphatic heterocycles. The highest BCUT2D eigenvalue weighted by Gasteiger charge is 2.29. The van der Waals surface area contributed by atoms with Crippen LogP contribution in [0.4, 0.5) is 0 Å². The van der Waals surface area contributed by atoms with Gasteiger partial charge in [-0.1, -0.05) is 36.4 Å². The number of hydrogen-bond acceptors (Lipinski definition) is 2. The Kier molecular flexibility index (Phi) is 4.42. The SMILES string of the molecule is O=C(COc1ccccc1)N1CCCCC1c1cc2ccccc2[nH]1. The van der Waals surface area contributed by atoms with Crippen molar-refractivity contribution < 1.29 is 9.53 Å². The molecule has 2 heterocycles. The van der Waals surface area contributed by atoms with Crippen LogP contribution in [0.15, 0.2) is 60.7 Å². The Morgan fingerprint density at radius 1 is 1.08 bits per heavy atom. The average Bonchev–Trinajstić information content (AvgIpc) is 3.11. The van der Waals surface area contributed by atoms with Crippen LogP contribution in [0.2, 0.25) is 0 Å². The zero-order valence-corrected chi connectivity index (χ0v) is 14.2. The molecule has 1 saturated heterocycles. The quantitative estimate of drug-likeness (QED) is 0.773. The van der Waals surface area contributed by atoms with E-state index in [0.29, 0.717) is 0 Å². The first kappa shape index (κ1) is 15.8. The number of rotatable bonds is 4. The molecule has 1 fully saturated rings. The van der Waals surface area contributed by atoms with Gasteiger partial charge in [0.2, 0.25) is 0 Å². The fourth-order valence-electron chi connectivity index (χ4n) is 3.57. The van der Waals surface area contributed by atoms with Crippen molar-refractivity contribution in [1.82, 2.24) is 9.88 Å². The molecule has 0 radical (unpaired) electrons. The van der Waals surface area contributed by atoms with E-state index in [1.54, 1.807) is 0 Å². The molecule has 0 bridgehead atoms. The van der Waals surface area contributed by atoms with Gasteiger partial charge in [-0.25, -0.2) is 0 Å². The fraction of sp³-hybridized carbons (Fsp3) is 0.286. The van der Waals surface area contributed by atoms with Crippen LogP contribution in [0, 0.1) is 0 Å². The van der Waals surface area contributed by atoms with Crippen LogP contribution in [0.1, 0.15) is 31.0 Å². The number of para-hydroxylation sites is 2. The lowest BCUT2D eigenvalue weighted by molar-refractivity contribution is -0.137. The molecule has 1 aliphatic rings. The normalized spacial score (nSPS) is 17.6. The monoisotopic (exact) mass is 334 g/mol. The van der Waals surface area contributed by atoms with Gasteiger partial charge in [0.1, 0.15) is 5.75 Å². The van der Waals surface area contributed by atoms with Crippen LogP contribution in [-0.2, 0) is 4.79 Å². The van der Waals surface area contributed by atoms with E-state index in [4.69, 9.17) is 4.74 Å². The molecule has 0 spiro atoms. The van der Waals surface area contributed by atoms with Gasteiger partial charge in [0.05, 0.1) is 6.04 Å². The maximum absolute atomic E-state index is 12.8. The molecule has 0 saturated carbocycles. The highest BCUT2D eigenvalue weighted by atomic mass is 16.5. The van der Waals surface area contributed by atoms with Crippen molar-refractivity contribution in [1.29, 1.82) is 0 Å². The molecule has 1 atom stereocenters. The van der Waals surface area contributed by atoms with Crippen LogP contribution >= 0.6 is 0 Å². The van der Waals surface area contributed by atoms with Crippen molar-refractivity contribution in [3.8, 4) is 5.75 Å². The summed E-state index contributed by atoms with van der Waals surface area (Å²) in [7, 11) is 0. The van der Waals surface area contributed by atoms with Crippen molar-refractivity contribution in [2.24, 2.45) is 0 Å². The molecule has 128 valence electrons. The molecular weight excluding hydrogens is 312 g/mol. The van der Waals surface area contributed by atoms with Gasteiger partial charge >= 0.3 is 0 Å². The van der Waals surface area contributed by atoms with Gasteiger partial charge in [-0.3, -0.25) is 4.79 Å². The Labute approximate surface area is 147 Å². The van der Waals surface area contributed by atoms with E-state index in [1.807, 2.05) is 47.4 Å². The number of hydrogen-bond donors (Lipinski definition) is 1. The van der Waals surface area contributed by atoms with Crippen LogP contribution in [0.5, 0.6) is 5.75 Å². The number of carbonyl (C=O) groups is 1. The summed E-state index contributed by atoms with van der Waals surface area (Å²) in [5.74, 6) is 0.780. The number of ether oxygens (including phenoxy) is 1. The number of likely N-dealkylation sites (tertiary alicyclic amines) is 1. The molecule has 25 heavy (non-hydrogen) atoms. The molecule has 4 heteroatoms. The maximum Gasteiger partial charge on any atom is 0.261 e. The summed E-state index contributed by atoms with van der Waals surface area (Å²) in [6, 6.07) is 20.0. The molecule has 3 aromatic rings. The number of nitrogens with one attached hydrogen (secondary N) is 1. The van der Waals surface area contributed by atoms with E-state index in [1.165, 1.54) is 5.39 Å². The van der Waals surface area contributed by atoms with Crippen LogP contribution in [0.3, 0.4) is 0 Å². The lowest BCUT2D eigenvalue weighted by Crippen LogP contribution is -2.41. The fourth-order valence-corrected chi connectivity index (χ4v) is 3.57. The van der Waals surface area contributed by atoms with Crippen molar-refractivity contribution in [2.45, 2.75) is 25.3 Å². The van der Waals surface area contributed by atoms with Gasteiger partial charge in [0.25, 0.3) is 5.91 Å². The Morgan fingerprint density at radius 2 is 1.88 bits per heavy atom. The molecule has 0 aliphatic carbocycles. The predicted octanol–water partition coefficient (Wildman–Crippen LogP) is 4.30. The van der Waals surface area contributed by atoms with Gasteiger partial charge in [0, 0.05) is 17.8 Å². The van der Waals surface area contributed by atoms with Crippen LogP contribution < -0.4 is 4.74 Å². The molecule has 4 nitrogen and oxygen atoms in total. The van der Waals surface area contributed by atoms with Gasteiger partial charge < -0.3 is 14.6 Å². The third kappa shape index (κ3) is 3.38. The van der Waals surface area contributed by atoms with E-state index in [2.05, 4.69) is 23.2 Å². The molecule has 4 rings (SSSR count). The van der Waals surface area contributed by atoms with E-state index in [0.717, 1.165) is 42.8 Å². The molecular formula is C21H22N2O2. The van der Waals surface area contributed by atoms with Gasteiger partial charge in [0.15, 0.2) is 6.61 Å². The predicted molar refractivity (Wildman–Crippen MR) is 98.5 cm³/mol. The first-order valence-electron chi connectivity index (χ1n) is 8.86. The Hall–Kier alpha value is -2.75. The molecule has 2 aromatic carbocycles.